The third kappa shape index (κ3) is 7.20. The number of ketones is 1. The van der Waals surface area contributed by atoms with Crippen molar-refractivity contribution in [1.29, 1.82) is 5.26 Å². The van der Waals surface area contributed by atoms with E-state index in [0.717, 1.165) is 23.6 Å². The number of benzene rings is 2. The number of nitrogens with zero attached hydrogens (tertiary/aromatic N) is 3. The van der Waals surface area contributed by atoms with E-state index >= 15 is 4.39 Å². The molecular formula is C33H38F3N3O5S. The average molecular weight is 646 g/mol. The number of carbonyl (C=O) groups excluding carboxylic acids is 2. The average Bonchev–Trinajstić information content (AvgIpc) is 3.59. The summed E-state index contributed by atoms with van der Waals surface area (Å²) in [5, 5.41) is 9.85. The fourth-order valence-corrected chi connectivity index (χ4v) is 8.13. The van der Waals surface area contributed by atoms with Crippen molar-refractivity contribution in [3.8, 4) is 17.2 Å². The summed E-state index contributed by atoms with van der Waals surface area (Å²) in [7, 11) is -3.94. The minimum Gasteiger partial charge on any atom is -0.444 e. The molecular weight excluding hydrogens is 607 g/mol. The van der Waals surface area contributed by atoms with Crippen LogP contribution in [-0.4, -0.2) is 66.2 Å². The smallest absolute Gasteiger partial charge is 0.411 e. The lowest BCUT2D eigenvalue weighted by molar-refractivity contribution is -0.126. The summed E-state index contributed by atoms with van der Waals surface area (Å²) in [5.41, 5.74) is 0.588. The Morgan fingerprint density at radius 1 is 1.07 bits per heavy atom. The van der Waals surface area contributed by atoms with Crippen molar-refractivity contribution in [3.05, 3.63) is 53.8 Å². The van der Waals surface area contributed by atoms with Crippen LogP contribution >= 0.6 is 0 Å². The Kier molecular flexibility index (Phi) is 9.08. The molecule has 0 spiro atoms. The van der Waals surface area contributed by atoms with E-state index in [4.69, 9.17) is 4.74 Å². The van der Waals surface area contributed by atoms with Gasteiger partial charge in [0.15, 0.2) is 5.78 Å². The van der Waals surface area contributed by atoms with E-state index in [1.54, 1.807) is 37.8 Å². The molecule has 8 nitrogen and oxygen atoms in total. The van der Waals surface area contributed by atoms with Crippen LogP contribution in [0.1, 0.15) is 64.9 Å². The molecule has 0 aromatic heterocycles. The number of alkyl halides is 2. The van der Waals surface area contributed by atoms with Gasteiger partial charge in [0.05, 0.1) is 22.9 Å². The number of Topliss-reactive ketones (excluding diaryl/α,β-unsaturated/α-hetero) is 1. The number of hydrogen-bond donors (Lipinski definition) is 0. The molecule has 2 aromatic carbocycles. The zero-order chi connectivity index (χ0) is 32.7. The third-order valence-corrected chi connectivity index (χ3v) is 10.9. The minimum absolute atomic E-state index is 0.00761. The van der Waals surface area contributed by atoms with Gasteiger partial charge >= 0.3 is 6.09 Å². The number of fused-ring (bicyclic) bond motifs is 2. The molecule has 5 rings (SSSR count). The lowest BCUT2D eigenvalue weighted by Crippen LogP contribution is -2.51. The van der Waals surface area contributed by atoms with Crippen molar-refractivity contribution in [1.82, 2.24) is 9.21 Å². The molecule has 45 heavy (non-hydrogen) atoms. The molecule has 4 atom stereocenters. The highest BCUT2D eigenvalue weighted by molar-refractivity contribution is 7.89. The first-order valence-electron chi connectivity index (χ1n) is 15.3. The molecule has 3 aliphatic rings. The van der Waals surface area contributed by atoms with Gasteiger partial charge < -0.3 is 4.74 Å². The Balaban J connectivity index is 1.24. The highest BCUT2D eigenvalue weighted by Crippen LogP contribution is 2.44. The van der Waals surface area contributed by atoms with Crippen molar-refractivity contribution < 1.29 is 35.9 Å². The SMILES string of the molecule is CC(C)(C)OC(=O)N1[C@@H]2CC[C@@H](C2)[C@H]1C(=O)C[C@H](C#N)Cc1ccc(-c2ccc(S(=O)(=O)N3CCC(F)(F)CC3)cc2)cc1F. The van der Waals surface area contributed by atoms with Crippen molar-refractivity contribution in [3.63, 3.8) is 0 Å². The second-order valence-electron chi connectivity index (χ2n) is 13.4. The van der Waals surface area contributed by atoms with Crippen LogP contribution in [-0.2, 0) is 26.0 Å². The molecule has 1 amide bonds. The number of ether oxygens (including phenoxy) is 1. The van der Waals surface area contributed by atoms with Gasteiger partial charge in [0.2, 0.25) is 10.0 Å². The standard InChI is InChI=1S/C33H38F3N3O5S/c1-32(2,3)44-31(41)39-26-9-6-25(18-26)30(39)29(40)17-21(20-37)16-24-5-4-23(19-28(24)34)22-7-10-27(11-8-22)45(42,43)38-14-12-33(35,36)13-15-38/h4-5,7-8,10-11,19,21,25-26,30H,6,9,12-18H2,1-3H3/t21-,25+,26-,30+/m1/s1. The normalized spacial score (nSPS) is 23.8. The zero-order valence-corrected chi connectivity index (χ0v) is 26.5. The molecule has 3 fully saturated rings. The van der Waals surface area contributed by atoms with Crippen LogP contribution in [0.15, 0.2) is 47.4 Å². The van der Waals surface area contributed by atoms with Crippen LogP contribution in [0.4, 0.5) is 18.0 Å². The first-order chi connectivity index (χ1) is 21.1. The molecule has 0 unspecified atom stereocenters. The van der Waals surface area contributed by atoms with E-state index < -0.39 is 58.3 Å². The molecule has 2 aromatic rings. The maximum Gasteiger partial charge on any atom is 0.411 e. The summed E-state index contributed by atoms with van der Waals surface area (Å²) < 4.78 is 74.7. The van der Waals surface area contributed by atoms with Gasteiger partial charge in [-0.05, 0) is 87.3 Å². The summed E-state index contributed by atoms with van der Waals surface area (Å²) in [6.45, 7) is 4.78. The number of hydrogen-bond acceptors (Lipinski definition) is 6. The van der Waals surface area contributed by atoms with Gasteiger partial charge in [0, 0.05) is 38.4 Å². The highest BCUT2D eigenvalue weighted by atomic mass is 32.2. The monoisotopic (exact) mass is 645 g/mol. The summed E-state index contributed by atoms with van der Waals surface area (Å²) in [6, 6.07) is 11.7. The number of nitriles is 1. The Labute approximate surface area is 262 Å². The lowest BCUT2D eigenvalue weighted by atomic mass is 9.87. The van der Waals surface area contributed by atoms with Crippen molar-refractivity contribution in [2.24, 2.45) is 11.8 Å². The predicted molar refractivity (Wildman–Crippen MR) is 160 cm³/mol. The largest absolute Gasteiger partial charge is 0.444 e. The zero-order valence-electron chi connectivity index (χ0n) is 25.6. The number of amides is 1. The van der Waals surface area contributed by atoms with E-state index in [0.29, 0.717) is 11.1 Å². The third-order valence-electron chi connectivity index (χ3n) is 8.95. The molecule has 0 radical (unpaired) electrons. The molecule has 2 heterocycles. The van der Waals surface area contributed by atoms with E-state index in [9.17, 15) is 32.0 Å². The van der Waals surface area contributed by atoms with Crippen molar-refractivity contribution in [2.75, 3.05) is 13.1 Å². The summed E-state index contributed by atoms with van der Waals surface area (Å²) in [4.78, 5) is 27.9. The fraction of sp³-hybridized carbons (Fsp3) is 0.545. The summed E-state index contributed by atoms with van der Waals surface area (Å²) >= 11 is 0. The first kappa shape index (κ1) is 32.9. The predicted octanol–water partition coefficient (Wildman–Crippen LogP) is 6.34. The van der Waals surface area contributed by atoms with Gasteiger partial charge in [-0.3, -0.25) is 9.69 Å². The first-order valence-corrected chi connectivity index (χ1v) is 16.7. The Morgan fingerprint density at radius 3 is 2.31 bits per heavy atom. The van der Waals surface area contributed by atoms with Crippen LogP contribution < -0.4 is 0 Å². The molecule has 2 aliphatic heterocycles. The molecule has 12 heteroatoms. The van der Waals surface area contributed by atoms with Gasteiger partial charge in [0.1, 0.15) is 11.4 Å². The maximum absolute atomic E-state index is 15.3. The van der Waals surface area contributed by atoms with Gasteiger partial charge in [-0.1, -0.05) is 24.3 Å². The van der Waals surface area contributed by atoms with Crippen LogP contribution in [0, 0.1) is 29.0 Å². The number of halogens is 3. The van der Waals surface area contributed by atoms with E-state index in [1.807, 2.05) is 0 Å². The number of carbonyl (C=O) groups is 2. The number of rotatable bonds is 8. The van der Waals surface area contributed by atoms with Crippen molar-refractivity contribution in [2.45, 2.75) is 94.2 Å². The highest BCUT2D eigenvalue weighted by Gasteiger charge is 2.52. The van der Waals surface area contributed by atoms with E-state index in [-0.39, 0.29) is 54.1 Å². The molecule has 242 valence electrons. The summed E-state index contributed by atoms with van der Waals surface area (Å²) in [6.07, 6.45) is 0.690. The van der Waals surface area contributed by atoms with Crippen molar-refractivity contribution >= 4 is 21.9 Å². The number of sulfonamides is 1. The Morgan fingerprint density at radius 2 is 1.71 bits per heavy atom. The molecule has 2 saturated heterocycles. The van der Waals surface area contributed by atoms with Crippen LogP contribution in [0.3, 0.4) is 0 Å². The lowest BCUT2D eigenvalue weighted by Gasteiger charge is -2.35. The van der Waals surface area contributed by atoms with Crippen LogP contribution in [0.2, 0.25) is 0 Å². The second-order valence-corrected chi connectivity index (χ2v) is 15.3. The van der Waals surface area contributed by atoms with Crippen LogP contribution in [0.25, 0.3) is 11.1 Å². The Bertz CT molecular complexity index is 1590. The summed E-state index contributed by atoms with van der Waals surface area (Å²) in [5.74, 6) is -4.42. The molecule has 2 bridgehead atoms. The maximum atomic E-state index is 15.3. The topological polar surface area (TPSA) is 108 Å². The van der Waals surface area contributed by atoms with Crippen LogP contribution in [0.5, 0.6) is 0 Å². The second kappa shape index (κ2) is 12.4. The van der Waals surface area contributed by atoms with E-state index in [1.165, 1.54) is 30.3 Å². The molecule has 0 N–H and O–H groups in total. The molecule has 1 aliphatic carbocycles. The van der Waals surface area contributed by atoms with Gasteiger partial charge in [-0.15, -0.1) is 0 Å². The number of likely N-dealkylation sites (tertiary alicyclic amines) is 1. The van der Waals surface area contributed by atoms with E-state index in [2.05, 4.69) is 6.07 Å². The molecule has 1 saturated carbocycles. The Hall–Kier alpha value is -3.43. The fourth-order valence-electron chi connectivity index (χ4n) is 6.69. The van der Waals surface area contributed by atoms with Gasteiger partial charge in [-0.25, -0.2) is 26.4 Å². The minimum atomic E-state index is -3.94. The van der Waals surface area contributed by atoms with Gasteiger partial charge in [0.25, 0.3) is 5.92 Å². The quantitative estimate of drug-likeness (QED) is 0.332. The van der Waals surface area contributed by atoms with Gasteiger partial charge in [-0.2, -0.15) is 9.57 Å². The number of piperidine rings is 2.